The predicted octanol–water partition coefficient (Wildman–Crippen LogP) is 2.99. The number of nitrogens with zero attached hydrogens (tertiary/aromatic N) is 2. The first-order valence-electron chi connectivity index (χ1n) is 5.98. The van der Waals surface area contributed by atoms with Crippen LogP contribution in [0.3, 0.4) is 0 Å². The molecule has 0 bridgehead atoms. The molecule has 0 fully saturated rings. The zero-order valence-corrected chi connectivity index (χ0v) is 11.0. The van der Waals surface area contributed by atoms with Gasteiger partial charge in [0, 0.05) is 22.9 Å². The molecule has 0 radical (unpaired) electrons. The van der Waals surface area contributed by atoms with Gasteiger partial charge < -0.3 is 0 Å². The molecular formula is C15H12N2OS. The van der Waals surface area contributed by atoms with Crippen LogP contribution in [0.25, 0.3) is 5.65 Å². The van der Waals surface area contributed by atoms with Gasteiger partial charge in [-0.15, -0.1) is 11.8 Å². The zero-order chi connectivity index (χ0) is 13.1. The first-order valence-corrected chi connectivity index (χ1v) is 6.97. The second-order valence-corrected chi connectivity index (χ2v) is 5.17. The van der Waals surface area contributed by atoms with Crippen LogP contribution >= 0.6 is 11.8 Å². The van der Waals surface area contributed by atoms with Gasteiger partial charge in [0.15, 0.2) is 0 Å². The Morgan fingerprint density at radius 3 is 2.68 bits per heavy atom. The molecule has 1 aromatic carbocycles. The highest BCUT2D eigenvalue weighted by Gasteiger charge is 2.02. The van der Waals surface area contributed by atoms with Crippen molar-refractivity contribution in [2.24, 2.45) is 0 Å². The molecule has 0 unspecified atom stereocenters. The summed E-state index contributed by atoms with van der Waals surface area (Å²) in [7, 11) is 0. The summed E-state index contributed by atoms with van der Waals surface area (Å²) in [5.74, 6) is 0.699. The van der Waals surface area contributed by atoms with Crippen molar-refractivity contribution in [3.63, 3.8) is 0 Å². The van der Waals surface area contributed by atoms with Gasteiger partial charge in [0.05, 0.1) is 5.69 Å². The minimum atomic E-state index is -0.0331. The molecule has 0 aliphatic heterocycles. The third kappa shape index (κ3) is 2.69. The molecule has 4 heteroatoms. The van der Waals surface area contributed by atoms with Gasteiger partial charge in [0.25, 0.3) is 5.56 Å². The van der Waals surface area contributed by atoms with Gasteiger partial charge in [0.2, 0.25) is 0 Å². The molecule has 0 saturated carbocycles. The highest BCUT2D eigenvalue weighted by Crippen LogP contribution is 2.20. The number of fused-ring (bicyclic) bond motifs is 1. The molecule has 94 valence electrons. The predicted molar refractivity (Wildman–Crippen MR) is 77.5 cm³/mol. The lowest BCUT2D eigenvalue weighted by Gasteiger charge is -2.03. The molecule has 0 aliphatic rings. The first kappa shape index (κ1) is 12.0. The van der Waals surface area contributed by atoms with Gasteiger partial charge in [-0.2, -0.15) is 0 Å². The van der Waals surface area contributed by atoms with Crippen molar-refractivity contribution in [3.8, 4) is 0 Å². The monoisotopic (exact) mass is 268 g/mol. The van der Waals surface area contributed by atoms with E-state index in [1.165, 1.54) is 4.90 Å². The van der Waals surface area contributed by atoms with E-state index >= 15 is 0 Å². The lowest BCUT2D eigenvalue weighted by molar-refractivity contribution is 1.01. The highest BCUT2D eigenvalue weighted by molar-refractivity contribution is 7.98. The minimum absolute atomic E-state index is 0.0331. The van der Waals surface area contributed by atoms with E-state index in [0.717, 1.165) is 5.69 Å². The highest BCUT2D eigenvalue weighted by atomic mass is 32.2. The normalized spacial score (nSPS) is 10.7. The summed E-state index contributed by atoms with van der Waals surface area (Å²) in [6.07, 6.45) is 1.73. The maximum atomic E-state index is 11.9. The molecule has 2 heterocycles. The van der Waals surface area contributed by atoms with Gasteiger partial charge in [0.1, 0.15) is 5.65 Å². The summed E-state index contributed by atoms with van der Waals surface area (Å²) < 4.78 is 1.55. The van der Waals surface area contributed by atoms with Crippen LogP contribution in [0.5, 0.6) is 0 Å². The van der Waals surface area contributed by atoms with Gasteiger partial charge >= 0.3 is 0 Å². The molecule has 19 heavy (non-hydrogen) atoms. The molecule has 3 aromatic rings. The standard InChI is InChI=1S/C15H12N2OS/c18-15-10-12(11-19-13-6-2-1-3-7-13)16-14-8-4-5-9-17(14)15/h1-10H,11H2. The van der Waals surface area contributed by atoms with E-state index in [2.05, 4.69) is 17.1 Å². The molecule has 0 spiro atoms. The van der Waals surface area contributed by atoms with Crippen molar-refractivity contribution in [1.82, 2.24) is 9.38 Å². The van der Waals surface area contributed by atoms with Crippen molar-refractivity contribution in [2.45, 2.75) is 10.6 Å². The molecular weight excluding hydrogens is 256 g/mol. The summed E-state index contributed by atoms with van der Waals surface area (Å²) in [6.45, 7) is 0. The number of hydrogen-bond donors (Lipinski definition) is 0. The molecule has 0 amide bonds. The van der Waals surface area contributed by atoms with E-state index in [0.29, 0.717) is 11.4 Å². The Balaban J connectivity index is 1.88. The van der Waals surface area contributed by atoms with Crippen molar-refractivity contribution in [1.29, 1.82) is 0 Å². The van der Waals surface area contributed by atoms with E-state index < -0.39 is 0 Å². The van der Waals surface area contributed by atoms with E-state index in [4.69, 9.17) is 0 Å². The lowest BCUT2D eigenvalue weighted by atomic mass is 10.4. The Labute approximate surface area is 114 Å². The molecule has 0 atom stereocenters. The van der Waals surface area contributed by atoms with E-state index in [9.17, 15) is 4.79 Å². The fourth-order valence-corrected chi connectivity index (χ4v) is 2.66. The Kier molecular flexibility index (Phi) is 3.33. The van der Waals surface area contributed by atoms with Gasteiger partial charge in [-0.05, 0) is 24.3 Å². The maximum Gasteiger partial charge on any atom is 0.258 e. The number of aromatic nitrogens is 2. The van der Waals surface area contributed by atoms with Gasteiger partial charge in [-0.25, -0.2) is 4.98 Å². The fourth-order valence-electron chi connectivity index (χ4n) is 1.85. The number of hydrogen-bond acceptors (Lipinski definition) is 3. The molecule has 2 aromatic heterocycles. The van der Waals surface area contributed by atoms with Crippen molar-refractivity contribution < 1.29 is 0 Å². The number of rotatable bonds is 3. The lowest BCUT2D eigenvalue weighted by Crippen LogP contribution is -2.14. The van der Waals surface area contributed by atoms with Crippen LogP contribution in [0, 0.1) is 0 Å². The van der Waals surface area contributed by atoms with Crippen LogP contribution in [0.2, 0.25) is 0 Å². The number of benzene rings is 1. The topological polar surface area (TPSA) is 34.4 Å². The Morgan fingerprint density at radius 2 is 1.84 bits per heavy atom. The largest absolute Gasteiger partial charge is 0.269 e. The second-order valence-electron chi connectivity index (χ2n) is 4.12. The SMILES string of the molecule is O=c1cc(CSc2ccccc2)nc2ccccn12. The Hall–Kier alpha value is -2.07. The van der Waals surface area contributed by atoms with E-state index in [1.54, 1.807) is 28.4 Å². The third-order valence-electron chi connectivity index (χ3n) is 2.75. The summed E-state index contributed by atoms with van der Waals surface area (Å²) in [6, 6.07) is 17.3. The summed E-state index contributed by atoms with van der Waals surface area (Å²) in [5.41, 5.74) is 1.47. The third-order valence-corrected chi connectivity index (χ3v) is 3.80. The van der Waals surface area contributed by atoms with Crippen LogP contribution in [-0.4, -0.2) is 9.38 Å². The van der Waals surface area contributed by atoms with Crippen LogP contribution < -0.4 is 5.56 Å². The van der Waals surface area contributed by atoms with Crippen LogP contribution in [0.1, 0.15) is 5.69 Å². The van der Waals surface area contributed by atoms with Crippen LogP contribution in [0.4, 0.5) is 0 Å². The molecule has 0 saturated heterocycles. The average Bonchev–Trinajstić information content (AvgIpc) is 2.46. The molecule has 0 N–H and O–H groups in total. The first-order chi connectivity index (χ1) is 9.33. The average molecular weight is 268 g/mol. The van der Waals surface area contributed by atoms with Crippen LogP contribution in [-0.2, 0) is 5.75 Å². The summed E-state index contributed by atoms with van der Waals surface area (Å²) >= 11 is 1.68. The summed E-state index contributed by atoms with van der Waals surface area (Å²) in [4.78, 5) is 17.6. The zero-order valence-electron chi connectivity index (χ0n) is 10.2. The smallest absolute Gasteiger partial charge is 0.258 e. The molecule has 3 rings (SSSR count). The number of pyridine rings is 1. The quantitative estimate of drug-likeness (QED) is 0.685. The minimum Gasteiger partial charge on any atom is -0.269 e. The fraction of sp³-hybridized carbons (Fsp3) is 0.0667. The van der Waals surface area contributed by atoms with Crippen molar-refractivity contribution in [3.05, 3.63) is 76.8 Å². The van der Waals surface area contributed by atoms with E-state index in [-0.39, 0.29) is 5.56 Å². The van der Waals surface area contributed by atoms with Gasteiger partial charge in [-0.3, -0.25) is 9.20 Å². The Bertz CT molecular complexity index is 753. The van der Waals surface area contributed by atoms with E-state index in [1.807, 2.05) is 36.4 Å². The maximum absolute atomic E-state index is 11.9. The van der Waals surface area contributed by atoms with Crippen molar-refractivity contribution in [2.75, 3.05) is 0 Å². The molecule has 3 nitrogen and oxygen atoms in total. The molecule has 0 aliphatic carbocycles. The van der Waals surface area contributed by atoms with Gasteiger partial charge in [-0.1, -0.05) is 24.3 Å². The number of thioether (sulfide) groups is 1. The van der Waals surface area contributed by atoms with Crippen LogP contribution in [0.15, 0.2) is 70.5 Å². The second kappa shape index (κ2) is 5.28. The Morgan fingerprint density at radius 1 is 1.05 bits per heavy atom. The summed E-state index contributed by atoms with van der Waals surface area (Å²) in [5, 5.41) is 0. The van der Waals surface area contributed by atoms with Crippen molar-refractivity contribution >= 4 is 17.4 Å².